The lowest BCUT2D eigenvalue weighted by Crippen LogP contribution is -2.58. The Labute approximate surface area is 167 Å². The molecule has 2 aliphatic rings. The van der Waals surface area contributed by atoms with Gasteiger partial charge in [-0.2, -0.15) is 5.21 Å². The minimum atomic E-state index is -0.666. The number of nitrogens with two attached hydrogens (primary N) is 2. The van der Waals surface area contributed by atoms with Crippen LogP contribution in [-0.4, -0.2) is 42.0 Å². The van der Waals surface area contributed by atoms with Crippen molar-refractivity contribution in [3.63, 3.8) is 0 Å². The molecule has 1 aliphatic heterocycles. The summed E-state index contributed by atoms with van der Waals surface area (Å²) < 4.78 is 1.89. The van der Waals surface area contributed by atoms with E-state index in [1.807, 2.05) is 35.1 Å². The monoisotopic (exact) mass is 392 g/mol. The van der Waals surface area contributed by atoms with Crippen LogP contribution < -0.4 is 22.2 Å². The zero-order chi connectivity index (χ0) is 19.8. The SMILES string of the molecule is NC1CCC(C2(N)C=C(Nc3ccc(-c4nn[nH]n4)cc3)c3nccn3N2)CC1. The summed E-state index contributed by atoms with van der Waals surface area (Å²) in [4.78, 5) is 4.48. The average Bonchev–Trinajstić information content (AvgIpc) is 3.41. The van der Waals surface area contributed by atoms with E-state index in [1.165, 1.54) is 0 Å². The van der Waals surface area contributed by atoms with Crippen LogP contribution in [0.2, 0.25) is 0 Å². The average molecular weight is 392 g/mol. The van der Waals surface area contributed by atoms with Crippen LogP contribution in [0.5, 0.6) is 0 Å². The molecule has 7 N–H and O–H groups in total. The first kappa shape index (κ1) is 17.8. The van der Waals surface area contributed by atoms with E-state index in [0.717, 1.165) is 48.5 Å². The molecule has 10 nitrogen and oxygen atoms in total. The van der Waals surface area contributed by atoms with Crippen LogP contribution in [0.4, 0.5) is 5.69 Å². The summed E-state index contributed by atoms with van der Waals surface area (Å²) >= 11 is 0. The number of hydrogen-bond acceptors (Lipinski definition) is 8. The highest BCUT2D eigenvalue weighted by Crippen LogP contribution is 2.35. The molecule has 0 amide bonds. The first-order valence-corrected chi connectivity index (χ1v) is 9.81. The molecule has 150 valence electrons. The van der Waals surface area contributed by atoms with Gasteiger partial charge in [0, 0.05) is 35.6 Å². The summed E-state index contributed by atoms with van der Waals surface area (Å²) in [7, 11) is 0. The highest BCUT2D eigenvalue weighted by Gasteiger charge is 2.39. The molecule has 1 aliphatic carbocycles. The van der Waals surface area contributed by atoms with Gasteiger partial charge in [-0.05, 0) is 61.2 Å². The molecule has 0 saturated heterocycles. The summed E-state index contributed by atoms with van der Waals surface area (Å²) in [5, 5.41) is 17.5. The van der Waals surface area contributed by atoms with E-state index in [4.69, 9.17) is 11.5 Å². The fraction of sp³-hybridized carbons (Fsp3) is 0.368. The molecule has 1 aromatic carbocycles. The topological polar surface area (TPSA) is 148 Å². The van der Waals surface area contributed by atoms with Gasteiger partial charge in [0.1, 0.15) is 5.66 Å². The molecule has 1 unspecified atom stereocenters. The number of fused-ring (bicyclic) bond motifs is 1. The van der Waals surface area contributed by atoms with Gasteiger partial charge in [0.15, 0.2) is 5.82 Å². The Morgan fingerprint density at radius 1 is 1.14 bits per heavy atom. The number of imidazole rings is 1. The minimum Gasteiger partial charge on any atom is -0.353 e. The van der Waals surface area contributed by atoms with Crippen molar-refractivity contribution in [2.75, 3.05) is 10.7 Å². The van der Waals surface area contributed by atoms with Crippen molar-refractivity contribution in [1.29, 1.82) is 0 Å². The number of rotatable bonds is 4. The number of nitrogens with zero attached hydrogens (tertiary/aromatic N) is 5. The lowest BCUT2D eigenvalue weighted by Gasteiger charge is -2.42. The van der Waals surface area contributed by atoms with Crippen LogP contribution in [0.25, 0.3) is 17.1 Å². The van der Waals surface area contributed by atoms with Crippen LogP contribution in [0.3, 0.4) is 0 Å². The van der Waals surface area contributed by atoms with Crippen molar-refractivity contribution in [2.45, 2.75) is 37.4 Å². The second-order valence-electron chi connectivity index (χ2n) is 7.77. The Hall–Kier alpha value is -3.24. The fourth-order valence-corrected chi connectivity index (χ4v) is 4.18. The molecule has 1 fully saturated rings. The maximum atomic E-state index is 6.84. The molecule has 0 spiro atoms. The van der Waals surface area contributed by atoms with Crippen molar-refractivity contribution >= 4 is 11.4 Å². The quantitative estimate of drug-likeness (QED) is 0.445. The van der Waals surface area contributed by atoms with Gasteiger partial charge in [0.25, 0.3) is 0 Å². The third-order valence-corrected chi connectivity index (χ3v) is 5.79. The summed E-state index contributed by atoms with van der Waals surface area (Å²) in [6.07, 6.45) is 9.70. The van der Waals surface area contributed by atoms with Gasteiger partial charge < -0.3 is 22.2 Å². The molecule has 5 rings (SSSR count). The summed E-state index contributed by atoms with van der Waals surface area (Å²) in [6.45, 7) is 0. The van der Waals surface area contributed by atoms with Crippen molar-refractivity contribution in [1.82, 2.24) is 30.3 Å². The van der Waals surface area contributed by atoms with E-state index >= 15 is 0 Å². The molecule has 29 heavy (non-hydrogen) atoms. The fourth-order valence-electron chi connectivity index (χ4n) is 4.18. The van der Waals surface area contributed by atoms with Crippen LogP contribution >= 0.6 is 0 Å². The predicted molar refractivity (Wildman–Crippen MR) is 110 cm³/mol. The highest BCUT2D eigenvalue weighted by atomic mass is 15.5. The Kier molecular flexibility index (Phi) is 4.29. The molecule has 3 heterocycles. The lowest BCUT2D eigenvalue weighted by molar-refractivity contribution is 0.239. The molecule has 0 radical (unpaired) electrons. The second-order valence-corrected chi connectivity index (χ2v) is 7.77. The van der Waals surface area contributed by atoms with E-state index in [2.05, 4.69) is 42.4 Å². The lowest BCUT2D eigenvalue weighted by atomic mass is 9.78. The van der Waals surface area contributed by atoms with Gasteiger partial charge in [-0.15, -0.1) is 10.2 Å². The summed E-state index contributed by atoms with van der Waals surface area (Å²) in [5.74, 6) is 1.65. The zero-order valence-corrected chi connectivity index (χ0v) is 15.9. The summed E-state index contributed by atoms with van der Waals surface area (Å²) in [5.41, 5.74) is 18.4. The number of H-pyrrole nitrogens is 1. The van der Waals surface area contributed by atoms with E-state index < -0.39 is 5.66 Å². The van der Waals surface area contributed by atoms with Crippen molar-refractivity contribution < 1.29 is 0 Å². The van der Waals surface area contributed by atoms with Gasteiger partial charge in [-0.3, -0.25) is 0 Å². The molecule has 0 bridgehead atoms. The van der Waals surface area contributed by atoms with E-state index in [1.54, 1.807) is 6.20 Å². The predicted octanol–water partition coefficient (Wildman–Crippen LogP) is 1.25. The number of tetrazole rings is 1. The summed E-state index contributed by atoms with van der Waals surface area (Å²) in [6, 6.07) is 8.11. The van der Waals surface area contributed by atoms with Gasteiger partial charge in [-0.1, -0.05) is 0 Å². The van der Waals surface area contributed by atoms with Crippen LogP contribution in [-0.2, 0) is 0 Å². The standard InChI is InChI=1S/C19H24N10/c20-14-5-3-13(4-6-14)19(21)11-16(18-22-9-10-29(18)26-19)23-15-7-1-12(2-8-15)17-24-27-28-25-17/h1-2,7-11,13-14,23,26H,3-6,20-21H2,(H,24,25,27,28). The van der Waals surface area contributed by atoms with Gasteiger partial charge in [0.05, 0.1) is 5.70 Å². The normalized spacial score (nSPS) is 26.3. The number of nitrogens with one attached hydrogen (secondary N) is 3. The molecule has 10 heteroatoms. The van der Waals surface area contributed by atoms with Crippen LogP contribution in [0.1, 0.15) is 31.5 Å². The molecule has 3 aromatic rings. The Bertz CT molecular complexity index is 998. The Morgan fingerprint density at radius 3 is 2.66 bits per heavy atom. The number of benzene rings is 1. The maximum absolute atomic E-state index is 6.84. The molecule has 1 saturated carbocycles. The number of anilines is 1. The van der Waals surface area contributed by atoms with Gasteiger partial charge >= 0.3 is 0 Å². The largest absolute Gasteiger partial charge is 0.353 e. The number of hydrogen-bond donors (Lipinski definition) is 5. The Balaban J connectivity index is 1.42. The highest BCUT2D eigenvalue weighted by molar-refractivity contribution is 5.77. The smallest absolute Gasteiger partial charge is 0.204 e. The maximum Gasteiger partial charge on any atom is 0.204 e. The zero-order valence-electron chi connectivity index (χ0n) is 15.9. The van der Waals surface area contributed by atoms with Crippen molar-refractivity contribution in [2.24, 2.45) is 17.4 Å². The van der Waals surface area contributed by atoms with Crippen molar-refractivity contribution in [3.05, 3.63) is 48.6 Å². The third kappa shape index (κ3) is 3.36. The minimum absolute atomic E-state index is 0.279. The van der Waals surface area contributed by atoms with Crippen LogP contribution in [0, 0.1) is 5.92 Å². The van der Waals surface area contributed by atoms with E-state index in [0.29, 0.717) is 11.7 Å². The van der Waals surface area contributed by atoms with Gasteiger partial charge in [0.2, 0.25) is 5.82 Å². The molecular formula is C19H24N10. The molecule has 1 atom stereocenters. The van der Waals surface area contributed by atoms with Crippen LogP contribution in [0.15, 0.2) is 42.7 Å². The van der Waals surface area contributed by atoms with E-state index in [-0.39, 0.29) is 6.04 Å². The molecular weight excluding hydrogens is 368 g/mol. The number of aromatic amines is 1. The first-order valence-electron chi connectivity index (χ1n) is 9.81. The molecule has 2 aromatic heterocycles. The van der Waals surface area contributed by atoms with E-state index in [9.17, 15) is 0 Å². The Morgan fingerprint density at radius 2 is 1.93 bits per heavy atom. The first-order chi connectivity index (χ1) is 14.1. The van der Waals surface area contributed by atoms with Crippen molar-refractivity contribution in [3.8, 4) is 11.4 Å². The van der Waals surface area contributed by atoms with Gasteiger partial charge in [-0.25, -0.2) is 9.66 Å². The third-order valence-electron chi connectivity index (χ3n) is 5.79. The number of aromatic nitrogens is 6. The second kappa shape index (κ2) is 6.98.